The van der Waals surface area contributed by atoms with Crippen LogP contribution in [0.25, 0.3) is 90.9 Å². The molecule has 0 aliphatic carbocycles. The first-order chi connectivity index (χ1) is 22.3. The van der Waals surface area contributed by atoms with Crippen LogP contribution >= 0.6 is 22.7 Å². The van der Waals surface area contributed by atoms with Gasteiger partial charge < -0.3 is 0 Å². The number of nitrogens with zero attached hydrogens (tertiary/aromatic N) is 4. The van der Waals surface area contributed by atoms with Crippen LogP contribution < -0.4 is 0 Å². The number of thiophene rings is 2. The maximum atomic E-state index is 5.21. The summed E-state index contributed by atoms with van der Waals surface area (Å²) >= 11 is 3.75. The maximum absolute atomic E-state index is 5.21. The molecule has 6 heteroatoms. The average molecular weight is 611 g/mol. The summed E-state index contributed by atoms with van der Waals surface area (Å²) < 4.78 is 7.45. The van der Waals surface area contributed by atoms with Gasteiger partial charge in [-0.15, -0.1) is 22.7 Å². The molecule has 10 rings (SSSR count). The van der Waals surface area contributed by atoms with Crippen LogP contribution in [0.1, 0.15) is 0 Å². The highest BCUT2D eigenvalue weighted by atomic mass is 32.1. The van der Waals surface area contributed by atoms with Crippen LogP contribution in [0.4, 0.5) is 0 Å². The summed E-state index contributed by atoms with van der Waals surface area (Å²) in [4.78, 5) is 15.4. The second-order valence-corrected chi connectivity index (χ2v) is 13.3. The molecular formula is C39H22N4S2. The molecule has 4 nitrogen and oxygen atoms in total. The molecule has 6 aromatic carbocycles. The topological polar surface area (TPSA) is 43.6 Å². The molecule has 10 aromatic rings. The monoisotopic (exact) mass is 610 g/mol. The third kappa shape index (κ3) is 3.61. The smallest absolute Gasteiger partial charge is 0.238 e. The zero-order valence-electron chi connectivity index (χ0n) is 23.8. The van der Waals surface area contributed by atoms with Crippen LogP contribution in [0.5, 0.6) is 0 Å². The number of para-hydroxylation sites is 1. The Morgan fingerprint density at radius 3 is 1.58 bits per heavy atom. The summed E-state index contributed by atoms with van der Waals surface area (Å²) in [5.41, 5.74) is 4.14. The van der Waals surface area contributed by atoms with Gasteiger partial charge >= 0.3 is 0 Å². The second-order valence-electron chi connectivity index (χ2n) is 11.2. The Morgan fingerprint density at radius 2 is 0.933 bits per heavy atom. The van der Waals surface area contributed by atoms with Crippen molar-refractivity contribution in [1.82, 2.24) is 19.5 Å². The van der Waals surface area contributed by atoms with Gasteiger partial charge in [0.15, 0.2) is 11.6 Å². The minimum atomic E-state index is 0.617. The molecule has 0 spiro atoms. The molecule has 45 heavy (non-hydrogen) atoms. The van der Waals surface area contributed by atoms with Crippen molar-refractivity contribution in [3.05, 3.63) is 133 Å². The van der Waals surface area contributed by atoms with E-state index in [1.807, 2.05) is 59.1 Å². The summed E-state index contributed by atoms with van der Waals surface area (Å²) in [5.74, 6) is 1.92. The van der Waals surface area contributed by atoms with E-state index in [9.17, 15) is 0 Å². The van der Waals surface area contributed by atoms with E-state index >= 15 is 0 Å². The molecule has 0 saturated heterocycles. The zero-order chi connectivity index (χ0) is 29.5. The molecule has 0 aliphatic rings. The molecule has 0 atom stereocenters. The fourth-order valence-electron chi connectivity index (χ4n) is 6.72. The zero-order valence-corrected chi connectivity index (χ0v) is 25.4. The molecule has 0 fully saturated rings. The van der Waals surface area contributed by atoms with Crippen molar-refractivity contribution >= 4 is 84.8 Å². The first-order valence-corrected chi connectivity index (χ1v) is 16.5. The molecule has 0 N–H and O–H groups in total. The van der Waals surface area contributed by atoms with Crippen molar-refractivity contribution in [3.8, 4) is 28.7 Å². The minimum absolute atomic E-state index is 0.617. The number of benzene rings is 6. The Bertz CT molecular complexity index is 2700. The molecule has 210 valence electrons. The van der Waals surface area contributed by atoms with Gasteiger partial charge in [0.2, 0.25) is 5.95 Å². The molecule has 0 amide bonds. The summed E-state index contributed by atoms with van der Waals surface area (Å²) in [6.45, 7) is 0. The fourth-order valence-corrected chi connectivity index (χ4v) is 9.31. The van der Waals surface area contributed by atoms with E-state index in [4.69, 9.17) is 15.0 Å². The Hall–Kier alpha value is -5.43. The molecule has 0 bridgehead atoms. The van der Waals surface area contributed by atoms with Gasteiger partial charge in [-0.25, -0.2) is 4.98 Å². The second kappa shape index (κ2) is 9.53. The largest absolute Gasteiger partial charge is 0.276 e. The molecule has 0 saturated carbocycles. The van der Waals surface area contributed by atoms with Crippen molar-refractivity contribution < 1.29 is 0 Å². The predicted octanol–water partition coefficient (Wildman–Crippen LogP) is 11.0. The molecule has 0 radical (unpaired) electrons. The third-order valence-corrected chi connectivity index (χ3v) is 11.0. The summed E-state index contributed by atoms with van der Waals surface area (Å²) in [7, 11) is 0. The van der Waals surface area contributed by atoms with Crippen LogP contribution in [0.15, 0.2) is 133 Å². The lowest BCUT2D eigenvalue weighted by Gasteiger charge is -2.11. The highest BCUT2D eigenvalue weighted by Crippen LogP contribution is 2.51. The number of aromatic nitrogens is 4. The van der Waals surface area contributed by atoms with Crippen molar-refractivity contribution in [3.63, 3.8) is 0 Å². The van der Waals surface area contributed by atoms with E-state index in [0.29, 0.717) is 17.6 Å². The van der Waals surface area contributed by atoms with Crippen molar-refractivity contribution in [2.24, 2.45) is 0 Å². The molecular weight excluding hydrogens is 589 g/mol. The van der Waals surface area contributed by atoms with E-state index in [0.717, 1.165) is 22.2 Å². The standard InChI is InChI=1S/C39H22N4S2/c1-3-13-23(14-4-1)37-40-38(24-15-5-2-6-16-24)42-39(41-37)43-28-20-10-7-17-25(28)31-32-26-18-8-11-21-29(26)44-35(32)33-27-19-9-12-22-30(27)45-36(33)34(31)43/h1-22H. The van der Waals surface area contributed by atoms with Crippen LogP contribution in [0, 0.1) is 0 Å². The van der Waals surface area contributed by atoms with Gasteiger partial charge in [0, 0.05) is 57.5 Å². The first kappa shape index (κ1) is 25.0. The van der Waals surface area contributed by atoms with Gasteiger partial charge in [0.25, 0.3) is 0 Å². The summed E-state index contributed by atoms with van der Waals surface area (Å²) in [6.07, 6.45) is 0. The lowest BCUT2D eigenvalue weighted by molar-refractivity contribution is 0.955. The van der Waals surface area contributed by atoms with E-state index in [-0.39, 0.29) is 0 Å². The third-order valence-electron chi connectivity index (χ3n) is 8.65. The normalized spacial score (nSPS) is 12.0. The SMILES string of the molecule is c1ccc(-c2nc(-c3ccccc3)nc(-n3c4ccccc4c4c5c6ccccc6sc5c5c6ccccc6sc5c43)n2)cc1. The number of hydrogen-bond acceptors (Lipinski definition) is 5. The van der Waals surface area contributed by atoms with Gasteiger partial charge in [-0.05, 0) is 18.2 Å². The summed E-state index contributed by atoms with van der Waals surface area (Å²) in [6, 6.07) is 46.7. The van der Waals surface area contributed by atoms with Gasteiger partial charge in [0.05, 0.1) is 15.7 Å². The Balaban J connectivity index is 1.45. The van der Waals surface area contributed by atoms with Crippen LogP contribution in [0.2, 0.25) is 0 Å². The van der Waals surface area contributed by atoms with Gasteiger partial charge in [-0.1, -0.05) is 115 Å². The highest BCUT2D eigenvalue weighted by Gasteiger charge is 2.25. The van der Waals surface area contributed by atoms with Crippen molar-refractivity contribution in [1.29, 1.82) is 0 Å². The Morgan fingerprint density at radius 1 is 0.422 bits per heavy atom. The molecule has 0 aliphatic heterocycles. The lowest BCUT2D eigenvalue weighted by atomic mass is 10.0. The fraction of sp³-hybridized carbons (Fsp3) is 0. The average Bonchev–Trinajstić information content (AvgIpc) is 3.78. The van der Waals surface area contributed by atoms with Crippen LogP contribution in [-0.4, -0.2) is 19.5 Å². The lowest BCUT2D eigenvalue weighted by Crippen LogP contribution is -2.06. The van der Waals surface area contributed by atoms with E-state index in [2.05, 4.69) is 102 Å². The van der Waals surface area contributed by atoms with Crippen molar-refractivity contribution in [2.45, 2.75) is 0 Å². The van der Waals surface area contributed by atoms with Crippen molar-refractivity contribution in [2.75, 3.05) is 0 Å². The maximum Gasteiger partial charge on any atom is 0.238 e. The minimum Gasteiger partial charge on any atom is -0.276 e. The summed E-state index contributed by atoms with van der Waals surface area (Å²) in [5, 5.41) is 7.64. The first-order valence-electron chi connectivity index (χ1n) is 14.9. The van der Waals surface area contributed by atoms with Gasteiger partial charge in [-0.3, -0.25) is 4.57 Å². The Kier molecular flexibility index (Phi) is 5.29. The van der Waals surface area contributed by atoms with Crippen LogP contribution in [-0.2, 0) is 0 Å². The molecule has 4 heterocycles. The Labute approximate surface area is 265 Å². The van der Waals surface area contributed by atoms with E-state index in [1.54, 1.807) is 0 Å². The highest BCUT2D eigenvalue weighted by molar-refractivity contribution is 7.30. The molecule has 4 aromatic heterocycles. The predicted molar refractivity (Wildman–Crippen MR) is 191 cm³/mol. The van der Waals surface area contributed by atoms with Gasteiger partial charge in [0.1, 0.15) is 0 Å². The van der Waals surface area contributed by atoms with Gasteiger partial charge in [-0.2, -0.15) is 9.97 Å². The number of hydrogen-bond donors (Lipinski definition) is 0. The quantitative estimate of drug-likeness (QED) is 0.200. The van der Waals surface area contributed by atoms with Crippen LogP contribution in [0.3, 0.4) is 0 Å². The van der Waals surface area contributed by atoms with E-state index < -0.39 is 0 Å². The number of fused-ring (bicyclic) bond motifs is 12. The molecule has 0 unspecified atom stereocenters. The number of rotatable bonds is 3. The van der Waals surface area contributed by atoms with E-state index in [1.165, 1.54) is 51.1 Å².